The van der Waals surface area contributed by atoms with Gasteiger partial charge >= 0.3 is 0 Å². The highest BCUT2D eigenvalue weighted by atomic mass is 127. The predicted molar refractivity (Wildman–Crippen MR) is 93.0 cm³/mol. The van der Waals surface area contributed by atoms with Gasteiger partial charge in [-0.25, -0.2) is 0 Å². The van der Waals surface area contributed by atoms with Crippen LogP contribution in [0.1, 0.15) is 12.8 Å². The molecule has 1 aromatic heterocycles. The number of benzene rings is 1. The molecule has 0 amide bonds. The molecule has 4 nitrogen and oxygen atoms in total. The molecular weight excluding hydrogens is 363 g/mol. The molecule has 3 N–H and O–H groups in total. The lowest BCUT2D eigenvalue weighted by Gasteiger charge is -2.31. The fourth-order valence-corrected chi connectivity index (χ4v) is 3.32. The first-order valence-corrected chi connectivity index (χ1v) is 8.00. The molecule has 0 bridgehead atoms. The van der Waals surface area contributed by atoms with Gasteiger partial charge in [0.25, 0.3) is 0 Å². The number of fused-ring (bicyclic) bond motifs is 1. The van der Waals surface area contributed by atoms with Gasteiger partial charge < -0.3 is 16.0 Å². The minimum Gasteiger partial charge on any atom is -0.396 e. The quantitative estimate of drug-likeness (QED) is 0.785. The Kier molecular flexibility index (Phi) is 3.98. The number of nitrogen functional groups attached to an aromatic ring is 1. The van der Waals surface area contributed by atoms with Gasteiger partial charge in [-0.2, -0.15) is 0 Å². The highest BCUT2D eigenvalue weighted by Gasteiger charge is 2.18. The third-order valence-electron chi connectivity index (χ3n) is 3.83. The van der Waals surface area contributed by atoms with Crippen molar-refractivity contribution in [3.8, 4) is 0 Å². The zero-order valence-electron chi connectivity index (χ0n) is 11.6. The van der Waals surface area contributed by atoms with Gasteiger partial charge in [0.1, 0.15) is 0 Å². The number of nitrogens with one attached hydrogen (secondary N) is 1. The summed E-state index contributed by atoms with van der Waals surface area (Å²) in [6, 6.07) is 6.73. The normalized spacial score (nSPS) is 20.2. The molecule has 1 aliphatic heterocycles. The van der Waals surface area contributed by atoms with Crippen LogP contribution in [0.5, 0.6) is 0 Å². The summed E-state index contributed by atoms with van der Waals surface area (Å²) in [6.45, 7) is 2.25. The second-order valence-electron chi connectivity index (χ2n) is 5.50. The maximum absolute atomic E-state index is 6.15. The lowest BCUT2D eigenvalue weighted by atomic mass is 10.0. The van der Waals surface area contributed by atoms with E-state index < -0.39 is 0 Å². The van der Waals surface area contributed by atoms with Gasteiger partial charge in [-0.3, -0.25) is 4.98 Å². The lowest BCUT2D eigenvalue weighted by Crippen LogP contribution is -2.39. The second-order valence-corrected chi connectivity index (χ2v) is 6.74. The average Bonchev–Trinajstić information content (AvgIpc) is 2.42. The zero-order chi connectivity index (χ0) is 14.1. The summed E-state index contributed by atoms with van der Waals surface area (Å²) in [7, 11) is 2.17. The Morgan fingerprint density at radius 2 is 2.30 bits per heavy atom. The molecule has 0 aliphatic carbocycles. The van der Waals surface area contributed by atoms with Gasteiger partial charge in [0.05, 0.1) is 23.1 Å². The van der Waals surface area contributed by atoms with Gasteiger partial charge in [-0.1, -0.05) is 0 Å². The standard InChI is InChI=1S/C15H19IN4/c1-20-6-2-3-11(9-20)19-15-12-7-10(16)4-5-14(12)18-8-13(15)17/h4-5,7-8,11H,2-3,6,9,17H2,1H3,(H,18,19)/t11-/m0/s1. The lowest BCUT2D eigenvalue weighted by molar-refractivity contribution is 0.261. The van der Waals surface area contributed by atoms with E-state index in [-0.39, 0.29) is 0 Å². The number of likely N-dealkylation sites (tertiary alicyclic amines) is 1. The summed E-state index contributed by atoms with van der Waals surface area (Å²) in [5.41, 5.74) is 8.90. The van der Waals surface area contributed by atoms with Crippen LogP contribution >= 0.6 is 22.6 Å². The topological polar surface area (TPSA) is 54.2 Å². The van der Waals surface area contributed by atoms with Crippen LogP contribution in [0.4, 0.5) is 11.4 Å². The number of nitrogens with zero attached hydrogens (tertiary/aromatic N) is 2. The van der Waals surface area contributed by atoms with Crippen molar-refractivity contribution in [1.82, 2.24) is 9.88 Å². The predicted octanol–water partition coefficient (Wildman–Crippen LogP) is 2.93. The van der Waals surface area contributed by atoms with E-state index >= 15 is 0 Å². The van der Waals surface area contributed by atoms with Crippen LogP contribution in [0, 0.1) is 3.57 Å². The first-order chi connectivity index (χ1) is 9.63. The molecule has 0 spiro atoms. The van der Waals surface area contributed by atoms with Crippen LogP contribution in [-0.2, 0) is 0 Å². The Balaban J connectivity index is 1.97. The molecule has 0 radical (unpaired) electrons. The van der Waals surface area contributed by atoms with Crippen LogP contribution in [-0.4, -0.2) is 36.1 Å². The molecule has 1 aromatic carbocycles. The minimum atomic E-state index is 0.458. The Morgan fingerprint density at radius 3 is 3.10 bits per heavy atom. The van der Waals surface area contributed by atoms with Crippen molar-refractivity contribution in [1.29, 1.82) is 0 Å². The van der Waals surface area contributed by atoms with Crippen molar-refractivity contribution < 1.29 is 0 Å². The number of rotatable bonds is 2. The fraction of sp³-hybridized carbons (Fsp3) is 0.400. The summed E-state index contributed by atoms with van der Waals surface area (Å²) in [4.78, 5) is 6.78. The largest absolute Gasteiger partial charge is 0.396 e. The number of anilines is 2. The molecule has 1 aliphatic rings. The van der Waals surface area contributed by atoms with E-state index in [0.717, 1.165) is 28.8 Å². The van der Waals surface area contributed by atoms with E-state index in [4.69, 9.17) is 5.73 Å². The summed E-state index contributed by atoms with van der Waals surface area (Å²) in [5, 5.41) is 4.76. The summed E-state index contributed by atoms with van der Waals surface area (Å²) in [6.07, 6.45) is 4.18. The van der Waals surface area contributed by atoms with Gasteiger partial charge in [0.2, 0.25) is 0 Å². The van der Waals surface area contributed by atoms with Gasteiger partial charge in [-0.05, 0) is 67.2 Å². The molecule has 20 heavy (non-hydrogen) atoms. The molecule has 0 unspecified atom stereocenters. The van der Waals surface area contributed by atoms with E-state index in [1.54, 1.807) is 6.20 Å². The molecule has 2 aromatic rings. The number of aromatic nitrogens is 1. The molecule has 2 heterocycles. The van der Waals surface area contributed by atoms with E-state index in [1.165, 1.54) is 23.0 Å². The highest BCUT2D eigenvalue weighted by Crippen LogP contribution is 2.30. The van der Waals surface area contributed by atoms with E-state index in [2.05, 4.69) is 63.0 Å². The maximum atomic E-state index is 6.15. The third-order valence-corrected chi connectivity index (χ3v) is 4.50. The SMILES string of the molecule is CN1CCC[C@H](Nc2c(N)cnc3ccc(I)cc23)C1. The smallest absolute Gasteiger partial charge is 0.0743 e. The van der Waals surface area contributed by atoms with Crippen molar-refractivity contribution in [2.45, 2.75) is 18.9 Å². The monoisotopic (exact) mass is 382 g/mol. The maximum Gasteiger partial charge on any atom is 0.0743 e. The molecular formula is C15H19IN4. The summed E-state index contributed by atoms with van der Waals surface area (Å²) < 4.78 is 1.20. The number of hydrogen-bond acceptors (Lipinski definition) is 4. The molecule has 0 saturated carbocycles. The van der Waals surface area contributed by atoms with Crippen LogP contribution in [0.3, 0.4) is 0 Å². The molecule has 1 saturated heterocycles. The van der Waals surface area contributed by atoms with Crippen molar-refractivity contribution in [3.63, 3.8) is 0 Å². The second kappa shape index (κ2) is 5.73. The van der Waals surface area contributed by atoms with E-state index in [0.29, 0.717) is 6.04 Å². The number of nitrogens with two attached hydrogens (primary N) is 1. The molecule has 106 valence electrons. The van der Waals surface area contributed by atoms with Gasteiger partial charge in [0, 0.05) is 21.5 Å². The number of hydrogen-bond donors (Lipinski definition) is 2. The molecule has 5 heteroatoms. The number of likely N-dealkylation sites (N-methyl/N-ethyl adjacent to an activating group) is 1. The average molecular weight is 382 g/mol. The number of halogens is 1. The van der Waals surface area contributed by atoms with Crippen molar-refractivity contribution >= 4 is 44.9 Å². The molecule has 1 fully saturated rings. The van der Waals surface area contributed by atoms with Crippen LogP contribution < -0.4 is 11.1 Å². The fourth-order valence-electron chi connectivity index (χ4n) is 2.83. The van der Waals surface area contributed by atoms with Crippen molar-refractivity contribution in [3.05, 3.63) is 28.0 Å². The van der Waals surface area contributed by atoms with E-state index in [1.807, 2.05) is 0 Å². The molecule has 3 rings (SSSR count). The first kappa shape index (κ1) is 13.9. The summed E-state index contributed by atoms with van der Waals surface area (Å²) >= 11 is 2.33. The Morgan fingerprint density at radius 1 is 1.45 bits per heavy atom. The first-order valence-electron chi connectivity index (χ1n) is 6.92. The number of piperidine rings is 1. The number of pyridine rings is 1. The highest BCUT2D eigenvalue weighted by molar-refractivity contribution is 14.1. The Labute approximate surface area is 132 Å². The van der Waals surface area contributed by atoms with E-state index in [9.17, 15) is 0 Å². The van der Waals surface area contributed by atoms with Crippen LogP contribution in [0.15, 0.2) is 24.4 Å². The van der Waals surface area contributed by atoms with Crippen molar-refractivity contribution in [2.24, 2.45) is 0 Å². The Bertz CT molecular complexity index is 623. The van der Waals surface area contributed by atoms with Gasteiger partial charge in [0.15, 0.2) is 0 Å². The zero-order valence-corrected chi connectivity index (χ0v) is 13.7. The minimum absolute atomic E-state index is 0.458. The Hall–Kier alpha value is -1.08. The molecule has 1 atom stereocenters. The van der Waals surface area contributed by atoms with Gasteiger partial charge in [-0.15, -0.1) is 0 Å². The third kappa shape index (κ3) is 2.83. The van der Waals surface area contributed by atoms with Crippen molar-refractivity contribution in [2.75, 3.05) is 31.2 Å². The van der Waals surface area contributed by atoms with Crippen LogP contribution in [0.25, 0.3) is 10.9 Å². The van der Waals surface area contributed by atoms with Crippen LogP contribution in [0.2, 0.25) is 0 Å². The summed E-state index contributed by atoms with van der Waals surface area (Å²) in [5.74, 6) is 0.